The van der Waals surface area contributed by atoms with E-state index in [0.29, 0.717) is 12.0 Å². The van der Waals surface area contributed by atoms with Gasteiger partial charge >= 0.3 is 0 Å². The van der Waals surface area contributed by atoms with E-state index in [9.17, 15) is 0 Å². The summed E-state index contributed by atoms with van der Waals surface area (Å²) >= 11 is 1.59. The van der Waals surface area contributed by atoms with Crippen molar-refractivity contribution in [2.45, 2.75) is 58.5 Å². The zero-order valence-electron chi connectivity index (χ0n) is 12.1. The van der Waals surface area contributed by atoms with Crippen LogP contribution in [0.4, 0.5) is 0 Å². The summed E-state index contributed by atoms with van der Waals surface area (Å²) < 4.78 is 0. The van der Waals surface area contributed by atoms with Gasteiger partial charge in [-0.05, 0) is 32.2 Å². The molecule has 5 heteroatoms. The molecule has 1 saturated heterocycles. The number of hydrogen-bond acceptors (Lipinski definition) is 4. The highest BCUT2D eigenvalue weighted by atomic mass is 32.1. The van der Waals surface area contributed by atoms with Crippen molar-refractivity contribution in [1.29, 1.82) is 5.41 Å². The summed E-state index contributed by atoms with van der Waals surface area (Å²) in [5, 5.41) is 8.78. The highest BCUT2D eigenvalue weighted by Gasteiger charge is 2.22. The van der Waals surface area contributed by atoms with Gasteiger partial charge in [0.15, 0.2) is 0 Å². The van der Waals surface area contributed by atoms with E-state index >= 15 is 0 Å². The van der Waals surface area contributed by atoms with Gasteiger partial charge in [0.05, 0.1) is 17.1 Å². The van der Waals surface area contributed by atoms with Crippen molar-refractivity contribution in [2.75, 3.05) is 6.54 Å². The van der Waals surface area contributed by atoms with Crippen molar-refractivity contribution in [2.24, 2.45) is 5.73 Å². The summed E-state index contributed by atoms with van der Waals surface area (Å²) in [5.74, 6) is 0.474. The van der Waals surface area contributed by atoms with Crippen LogP contribution in [0.3, 0.4) is 0 Å². The molecule has 0 radical (unpaired) electrons. The Morgan fingerprint density at radius 2 is 2.26 bits per heavy atom. The summed E-state index contributed by atoms with van der Waals surface area (Å²) in [6.07, 6.45) is 3.90. The van der Waals surface area contributed by atoms with Crippen molar-refractivity contribution in [3.63, 3.8) is 0 Å². The molecule has 106 valence electrons. The minimum atomic E-state index is 0.152. The molecule has 0 spiro atoms. The Labute approximate surface area is 119 Å². The van der Waals surface area contributed by atoms with E-state index in [0.717, 1.165) is 28.7 Å². The topological polar surface area (TPSA) is 66.0 Å². The second kappa shape index (κ2) is 6.01. The molecule has 2 rings (SSSR count). The van der Waals surface area contributed by atoms with Gasteiger partial charge in [0.1, 0.15) is 10.8 Å². The molecular weight excluding hydrogens is 256 g/mol. The predicted molar refractivity (Wildman–Crippen MR) is 80.9 cm³/mol. The number of piperidine rings is 1. The Morgan fingerprint density at radius 1 is 1.53 bits per heavy atom. The number of nitrogens with two attached hydrogens (primary N) is 1. The number of hydrogen-bond donors (Lipinski definition) is 2. The number of nitrogens with zero attached hydrogens (tertiary/aromatic N) is 2. The largest absolute Gasteiger partial charge is 0.383 e. The average Bonchev–Trinajstić information content (AvgIpc) is 2.76. The van der Waals surface area contributed by atoms with Gasteiger partial charge in [-0.2, -0.15) is 0 Å². The van der Waals surface area contributed by atoms with Crippen LogP contribution < -0.4 is 5.73 Å². The molecule has 1 aliphatic rings. The molecule has 1 unspecified atom stereocenters. The van der Waals surface area contributed by atoms with E-state index in [1.807, 2.05) is 0 Å². The van der Waals surface area contributed by atoms with Crippen LogP contribution in [-0.2, 0) is 6.54 Å². The van der Waals surface area contributed by atoms with E-state index in [-0.39, 0.29) is 5.84 Å². The van der Waals surface area contributed by atoms with Crippen molar-refractivity contribution in [3.05, 3.63) is 15.6 Å². The van der Waals surface area contributed by atoms with E-state index in [1.54, 1.807) is 11.3 Å². The maximum absolute atomic E-state index is 7.68. The maximum Gasteiger partial charge on any atom is 0.135 e. The minimum absolute atomic E-state index is 0.152. The highest BCUT2D eigenvalue weighted by molar-refractivity contribution is 7.13. The van der Waals surface area contributed by atoms with Crippen LogP contribution in [-0.4, -0.2) is 28.3 Å². The second-order valence-corrected chi connectivity index (χ2v) is 6.79. The average molecular weight is 280 g/mol. The van der Waals surface area contributed by atoms with Crippen LogP contribution in [0.25, 0.3) is 0 Å². The minimum Gasteiger partial charge on any atom is -0.383 e. The summed E-state index contributed by atoms with van der Waals surface area (Å²) in [6, 6.07) is 0.640. The lowest BCUT2D eigenvalue weighted by molar-refractivity contribution is 0.152. The lowest BCUT2D eigenvalue weighted by atomic mass is 10.0. The van der Waals surface area contributed by atoms with Gasteiger partial charge in [0, 0.05) is 6.04 Å². The van der Waals surface area contributed by atoms with Gasteiger partial charge in [-0.3, -0.25) is 10.3 Å². The van der Waals surface area contributed by atoms with Crippen molar-refractivity contribution >= 4 is 17.2 Å². The first-order valence-corrected chi connectivity index (χ1v) is 7.88. The first-order valence-electron chi connectivity index (χ1n) is 7.07. The first-order chi connectivity index (χ1) is 8.99. The van der Waals surface area contributed by atoms with Crippen LogP contribution in [0.2, 0.25) is 0 Å². The molecule has 3 N–H and O–H groups in total. The number of thiazole rings is 1. The second-order valence-electron chi connectivity index (χ2n) is 5.71. The molecular formula is C14H24N4S. The lowest BCUT2D eigenvalue weighted by Gasteiger charge is -2.32. The number of likely N-dealkylation sites (tertiary alicyclic amines) is 1. The van der Waals surface area contributed by atoms with Crippen LogP contribution in [0.15, 0.2) is 0 Å². The molecule has 1 atom stereocenters. The van der Waals surface area contributed by atoms with Gasteiger partial charge in [0.2, 0.25) is 0 Å². The van der Waals surface area contributed by atoms with Crippen LogP contribution in [0.5, 0.6) is 0 Å². The van der Waals surface area contributed by atoms with E-state index in [1.165, 1.54) is 19.3 Å². The third kappa shape index (κ3) is 3.34. The number of rotatable bonds is 4. The van der Waals surface area contributed by atoms with Gasteiger partial charge in [-0.15, -0.1) is 11.3 Å². The number of nitrogens with one attached hydrogen (secondary N) is 1. The Hall–Kier alpha value is -0.940. The monoisotopic (exact) mass is 280 g/mol. The van der Waals surface area contributed by atoms with E-state index in [2.05, 4.69) is 25.7 Å². The highest BCUT2D eigenvalue weighted by Crippen LogP contribution is 2.27. The van der Waals surface area contributed by atoms with Crippen molar-refractivity contribution < 1.29 is 0 Å². The molecule has 19 heavy (non-hydrogen) atoms. The molecule has 1 aromatic heterocycles. The van der Waals surface area contributed by atoms with Crippen LogP contribution in [0, 0.1) is 5.41 Å². The number of aromatic nitrogens is 1. The number of amidine groups is 1. The zero-order chi connectivity index (χ0) is 14.0. The van der Waals surface area contributed by atoms with Gasteiger partial charge in [0.25, 0.3) is 0 Å². The van der Waals surface area contributed by atoms with Gasteiger partial charge < -0.3 is 5.73 Å². The molecule has 1 aliphatic heterocycles. The summed E-state index contributed by atoms with van der Waals surface area (Å²) in [5.41, 5.74) is 6.65. The third-order valence-corrected chi connectivity index (χ3v) is 4.86. The number of nitrogen functional groups attached to an aromatic ring is 1. The molecule has 0 aromatic carbocycles. The standard InChI is InChI=1S/C14H24N4S/c1-9(2)12-13(14(15)16)19-11(17-12)8-18-7-5-4-6-10(18)3/h9-10H,4-8H2,1-3H3,(H3,15,16). The molecule has 0 bridgehead atoms. The zero-order valence-corrected chi connectivity index (χ0v) is 12.9. The quantitative estimate of drug-likeness (QED) is 0.658. The Bertz CT molecular complexity index is 452. The summed E-state index contributed by atoms with van der Waals surface area (Å²) in [6.45, 7) is 8.57. The SMILES string of the molecule is CC(C)c1nc(CN2CCCCC2C)sc1C(=N)N. The molecule has 1 aromatic rings. The predicted octanol–water partition coefficient (Wildman–Crippen LogP) is 2.92. The van der Waals surface area contributed by atoms with E-state index < -0.39 is 0 Å². The lowest BCUT2D eigenvalue weighted by Crippen LogP contribution is -2.36. The van der Waals surface area contributed by atoms with Crippen LogP contribution >= 0.6 is 11.3 Å². The van der Waals surface area contributed by atoms with Crippen molar-refractivity contribution in [1.82, 2.24) is 9.88 Å². The maximum atomic E-state index is 7.68. The van der Waals surface area contributed by atoms with E-state index in [4.69, 9.17) is 16.1 Å². The third-order valence-electron chi connectivity index (χ3n) is 3.77. The fourth-order valence-electron chi connectivity index (χ4n) is 2.60. The normalized spacial score (nSPS) is 20.9. The first kappa shape index (κ1) is 14.5. The molecule has 1 fully saturated rings. The van der Waals surface area contributed by atoms with Gasteiger partial charge in [-0.1, -0.05) is 20.3 Å². The molecule has 0 amide bonds. The Kier molecular flexibility index (Phi) is 4.58. The fourth-order valence-corrected chi connectivity index (χ4v) is 3.70. The molecule has 0 saturated carbocycles. The fraction of sp³-hybridized carbons (Fsp3) is 0.714. The Balaban J connectivity index is 2.16. The Morgan fingerprint density at radius 3 is 2.79 bits per heavy atom. The van der Waals surface area contributed by atoms with Crippen LogP contribution in [0.1, 0.15) is 61.5 Å². The van der Waals surface area contributed by atoms with Gasteiger partial charge in [-0.25, -0.2) is 4.98 Å². The summed E-state index contributed by atoms with van der Waals surface area (Å²) in [4.78, 5) is 8.07. The molecule has 0 aliphatic carbocycles. The molecule has 2 heterocycles. The smallest absolute Gasteiger partial charge is 0.135 e. The van der Waals surface area contributed by atoms with Crippen molar-refractivity contribution in [3.8, 4) is 0 Å². The summed E-state index contributed by atoms with van der Waals surface area (Å²) in [7, 11) is 0. The molecule has 4 nitrogen and oxygen atoms in total.